The third-order valence-corrected chi connectivity index (χ3v) is 1.67. The van der Waals surface area contributed by atoms with Gasteiger partial charge in [0, 0.05) is 0 Å². The minimum Gasteiger partial charge on any atom is -0.491 e. The van der Waals surface area contributed by atoms with Crippen molar-refractivity contribution in [1.29, 1.82) is 0 Å². The SMILES string of the molecule is C/C=C(\C=[N+](/C)C(C)C)OC. The van der Waals surface area contributed by atoms with E-state index in [0.29, 0.717) is 6.04 Å². The van der Waals surface area contributed by atoms with E-state index in [1.54, 1.807) is 7.11 Å². The molecule has 11 heavy (non-hydrogen) atoms. The number of methoxy groups -OCH3 is 1. The van der Waals surface area contributed by atoms with Crippen LogP contribution in [-0.4, -0.2) is 31.0 Å². The molecular weight excluding hydrogens is 138 g/mol. The van der Waals surface area contributed by atoms with Crippen LogP contribution in [0.1, 0.15) is 20.8 Å². The molecule has 2 heteroatoms. The third-order valence-electron chi connectivity index (χ3n) is 1.67. The fourth-order valence-electron chi connectivity index (χ4n) is 0.595. The Balaban J connectivity index is 4.28. The van der Waals surface area contributed by atoms with E-state index in [1.807, 2.05) is 26.3 Å². The van der Waals surface area contributed by atoms with Gasteiger partial charge in [-0.05, 0) is 26.8 Å². The van der Waals surface area contributed by atoms with E-state index in [-0.39, 0.29) is 0 Å². The summed E-state index contributed by atoms with van der Waals surface area (Å²) >= 11 is 0. The third kappa shape index (κ3) is 3.81. The Morgan fingerprint density at radius 2 is 2.00 bits per heavy atom. The average Bonchev–Trinajstić information content (AvgIpc) is 1.99. The Labute approximate surface area is 69.2 Å². The van der Waals surface area contributed by atoms with Crippen molar-refractivity contribution in [2.24, 2.45) is 0 Å². The molecule has 0 heterocycles. The minimum absolute atomic E-state index is 0.514. The highest BCUT2D eigenvalue weighted by Gasteiger charge is 2.03. The standard InChI is InChI=1S/C9H18NO/c1-6-9(11-5)7-10(4)8(2)3/h6-8H,1-5H3/q+1/b9-6+,10-7+. The molecule has 0 bridgehead atoms. The lowest BCUT2D eigenvalue weighted by molar-refractivity contribution is -0.525. The summed E-state index contributed by atoms with van der Waals surface area (Å²) in [4.78, 5) is 0. The van der Waals surface area contributed by atoms with Crippen LogP contribution in [0.4, 0.5) is 0 Å². The first-order chi connectivity index (χ1) is 5.11. The molecule has 0 atom stereocenters. The van der Waals surface area contributed by atoms with Crippen molar-refractivity contribution in [3.05, 3.63) is 11.8 Å². The largest absolute Gasteiger partial charge is 0.491 e. The van der Waals surface area contributed by atoms with E-state index in [0.717, 1.165) is 5.76 Å². The van der Waals surface area contributed by atoms with Gasteiger partial charge >= 0.3 is 0 Å². The molecule has 0 fully saturated rings. The van der Waals surface area contributed by atoms with Gasteiger partial charge < -0.3 is 4.74 Å². The molecule has 0 aromatic heterocycles. The van der Waals surface area contributed by atoms with Crippen molar-refractivity contribution >= 4 is 6.21 Å². The number of rotatable bonds is 3. The summed E-state index contributed by atoms with van der Waals surface area (Å²) in [5.41, 5.74) is 0. The van der Waals surface area contributed by atoms with Gasteiger partial charge in [0.1, 0.15) is 13.1 Å². The summed E-state index contributed by atoms with van der Waals surface area (Å²) in [6, 6.07) is 0.514. The first-order valence-electron chi connectivity index (χ1n) is 3.89. The molecule has 0 spiro atoms. The normalized spacial score (nSPS) is 14.0. The van der Waals surface area contributed by atoms with E-state index < -0.39 is 0 Å². The van der Waals surface area contributed by atoms with Gasteiger partial charge in [-0.25, -0.2) is 4.58 Å². The zero-order valence-corrected chi connectivity index (χ0v) is 8.09. The molecule has 0 aromatic carbocycles. The minimum atomic E-state index is 0.514. The second-order valence-electron chi connectivity index (χ2n) is 2.78. The van der Waals surface area contributed by atoms with Crippen LogP contribution in [0.5, 0.6) is 0 Å². The van der Waals surface area contributed by atoms with Gasteiger partial charge in [0.15, 0.2) is 5.76 Å². The van der Waals surface area contributed by atoms with Crippen molar-refractivity contribution in [2.75, 3.05) is 14.2 Å². The van der Waals surface area contributed by atoms with Crippen molar-refractivity contribution in [2.45, 2.75) is 26.8 Å². The van der Waals surface area contributed by atoms with Crippen LogP contribution in [0.25, 0.3) is 0 Å². The van der Waals surface area contributed by atoms with Crippen LogP contribution in [0.3, 0.4) is 0 Å². The highest BCUT2D eigenvalue weighted by Crippen LogP contribution is 1.91. The molecule has 0 aliphatic rings. The van der Waals surface area contributed by atoms with E-state index in [4.69, 9.17) is 4.74 Å². The molecule has 0 N–H and O–H groups in total. The molecule has 64 valence electrons. The van der Waals surface area contributed by atoms with Crippen molar-refractivity contribution < 1.29 is 9.31 Å². The lowest BCUT2D eigenvalue weighted by Crippen LogP contribution is -2.17. The van der Waals surface area contributed by atoms with Gasteiger partial charge in [-0.3, -0.25) is 0 Å². The number of nitrogens with zero attached hydrogens (tertiary/aromatic N) is 1. The fourth-order valence-corrected chi connectivity index (χ4v) is 0.595. The summed E-state index contributed by atoms with van der Waals surface area (Å²) in [6.07, 6.45) is 3.93. The summed E-state index contributed by atoms with van der Waals surface area (Å²) in [7, 11) is 3.72. The molecule has 2 nitrogen and oxygen atoms in total. The summed E-state index contributed by atoms with van der Waals surface area (Å²) in [5.74, 6) is 0.904. The molecule has 0 aliphatic heterocycles. The monoisotopic (exact) mass is 156 g/mol. The van der Waals surface area contributed by atoms with Crippen LogP contribution in [-0.2, 0) is 4.74 Å². The first-order valence-corrected chi connectivity index (χ1v) is 3.89. The Morgan fingerprint density at radius 1 is 1.45 bits per heavy atom. The van der Waals surface area contributed by atoms with Gasteiger partial charge in [-0.1, -0.05) is 0 Å². The molecule has 0 aliphatic carbocycles. The van der Waals surface area contributed by atoms with Gasteiger partial charge in [0.05, 0.1) is 7.11 Å². The quantitative estimate of drug-likeness (QED) is 0.344. The zero-order valence-electron chi connectivity index (χ0n) is 8.09. The van der Waals surface area contributed by atoms with Crippen LogP contribution >= 0.6 is 0 Å². The predicted octanol–water partition coefficient (Wildman–Crippen LogP) is 1.66. The highest BCUT2D eigenvalue weighted by molar-refractivity contribution is 5.71. The Bertz CT molecular complexity index is 168. The Hall–Kier alpha value is -0.790. The zero-order chi connectivity index (χ0) is 8.85. The second kappa shape index (κ2) is 4.94. The molecule has 0 aromatic rings. The molecule has 0 radical (unpaired) electrons. The maximum Gasteiger partial charge on any atom is 0.205 e. The average molecular weight is 156 g/mol. The lowest BCUT2D eigenvalue weighted by atomic mass is 10.4. The van der Waals surface area contributed by atoms with Gasteiger partial charge in [0.2, 0.25) is 6.21 Å². The van der Waals surface area contributed by atoms with E-state index in [1.165, 1.54) is 0 Å². The number of ether oxygens (including phenoxy) is 1. The topological polar surface area (TPSA) is 12.2 Å². The molecular formula is C9H18NO+. The van der Waals surface area contributed by atoms with Crippen LogP contribution in [0.15, 0.2) is 11.8 Å². The Morgan fingerprint density at radius 3 is 2.27 bits per heavy atom. The lowest BCUT2D eigenvalue weighted by Gasteiger charge is -2.01. The van der Waals surface area contributed by atoms with Crippen LogP contribution < -0.4 is 0 Å². The number of hydrogen-bond acceptors (Lipinski definition) is 1. The second-order valence-corrected chi connectivity index (χ2v) is 2.78. The molecule has 0 saturated carbocycles. The van der Waals surface area contributed by atoms with E-state index >= 15 is 0 Å². The maximum atomic E-state index is 5.08. The van der Waals surface area contributed by atoms with Gasteiger partial charge in [-0.2, -0.15) is 0 Å². The van der Waals surface area contributed by atoms with E-state index in [9.17, 15) is 0 Å². The summed E-state index contributed by atoms with van der Waals surface area (Å²) < 4.78 is 7.19. The summed E-state index contributed by atoms with van der Waals surface area (Å²) in [5, 5.41) is 0. The highest BCUT2D eigenvalue weighted by atomic mass is 16.5. The first kappa shape index (κ1) is 10.2. The number of allylic oxidation sites excluding steroid dienone is 2. The van der Waals surface area contributed by atoms with Crippen molar-refractivity contribution in [3.63, 3.8) is 0 Å². The van der Waals surface area contributed by atoms with Crippen LogP contribution in [0.2, 0.25) is 0 Å². The van der Waals surface area contributed by atoms with E-state index in [2.05, 4.69) is 18.4 Å². The van der Waals surface area contributed by atoms with Crippen molar-refractivity contribution in [3.8, 4) is 0 Å². The number of hydrogen-bond donors (Lipinski definition) is 0. The maximum absolute atomic E-state index is 5.08. The van der Waals surface area contributed by atoms with Crippen LogP contribution in [0, 0.1) is 0 Å². The predicted molar refractivity (Wildman–Crippen MR) is 48.2 cm³/mol. The van der Waals surface area contributed by atoms with Gasteiger partial charge in [-0.15, -0.1) is 0 Å². The summed E-state index contributed by atoms with van der Waals surface area (Å²) in [6.45, 7) is 6.24. The molecule has 0 unspecified atom stereocenters. The van der Waals surface area contributed by atoms with Gasteiger partial charge in [0.25, 0.3) is 0 Å². The Kier molecular flexibility index (Phi) is 4.59. The molecule has 0 saturated heterocycles. The molecule has 0 amide bonds. The smallest absolute Gasteiger partial charge is 0.205 e. The van der Waals surface area contributed by atoms with Crippen molar-refractivity contribution in [1.82, 2.24) is 0 Å². The molecule has 0 rings (SSSR count). The fraction of sp³-hybridized carbons (Fsp3) is 0.667.